The number of anilines is 1. The molecule has 1 aliphatic carbocycles. The van der Waals surface area contributed by atoms with E-state index in [1.165, 1.54) is 25.4 Å². The van der Waals surface area contributed by atoms with E-state index in [0.29, 0.717) is 57.7 Å². The van der Waals surface area contributed by atoms with Gasteiger partial charge in [0.05, 0.1) is 39.3 Å². The van der Waals surface area contributed by atoms with Gasteiger partial charge < -0.3 is 24.4 Å². The summed E-state index contributed by atoms with van der Waals surface area (Å²) in [5, 5.41) is 12.1. The molecule has 3 atom stereocenters. The number of ether oxygens (including phenoxy) is 1. The second-order valence-corrected chi connectivity index (χ2v) is 15.9. The molecule has 5 aromatic rings. The van der Waals surface area contributed by atoms with Crippen LogP contribution in [0, 0.1) is 30.6 Å². The van der Waals surface area contributed by atoms with Crippen LogP contribution in [-0.2, 0) is 13.2 Å². The molecule has 9 rings (SSSR count). The van der Waals surface area contributed by atoms with Crippen molar-refractivity contribution >= 4 is 38.7 Å². The first-order valence-electron chi connectivity index (χ1n) is 18.7. The Morgan fingerprint density at radius 3 is 2.50 bits per heavy atom. The number of pyridine rings is 1. The number of nitrogens with one attached hydrogen (secondary N) is 2. The van der Waals surface area contributed by atoms with Crippen LogP contribution in [0.3, 0.4) is 0 Å². The fourth-order valence-electron chi connectivity index (χ4n) is 9.39. The molecule has 284 valence electrons. The number of halogens is 5. The van der Waals surface area contributed by atoms with Crippen LogP contribution in [0.2, 0.25) is 0 Å². The van der Waals surface area contributed by atoms with Crippen LogP contribution in [0.25, 0.3) is 44.1 Å². The molecule has 3 aliphatic heterocycles. The van der Waals surface area contributed by atoms with E-state index in [4.69, 9.17) is 21.1 Å². The maximum Gasteiger partial charge on any atom is 0.417 e. The molecule has 1 saturated carbocycles. The van der Waals surface area contributed by atoms with E-state index in [1.54, 1.807) is 17.7 Å². The third-order valence-corrected chi connectivity index (χ3v) is 12.3. The number of hydrogen-bond donors (Lipinski definition) is 2. The van der Waals surface area contributed by atoms with Crippen LogP contribution in [0.1, 0.15) is 56.1 Å². The lowest BCUT2D eigenvalue weighted by molar-refractivity contribution is -0.137. The van der Waals surface area contributed by atoms with Crippen molar-refractivity contribution in [2.45, 2.75) is 76.1 Å². The quantitative estimate of drug-likeness (QED) is 0.125. The molecular weight excluding hydrogens is 705 g/mol. The lowest BCUT2D eigenvalue weighted by Crippen LogP contribution is -2.51. The lowest BCUT2D eigenvalue weighted by Gasteiger charge is -2.34. The van der Waals surface area contributed by atoms with Crippen molar-refractivity contribution in [3.63, 3.8) is 0 Å². The number of H-pyrrole nitrogens is 1. The minimum atomic E-state index is -4.68. The molecular formula is C39H42F5N9O. The lowest BCUT2D eigenvalue weighted by atomic mass is 9.91. The minimum Gasteiger partial charge on any atom is -0.462 e. The molecule has 0 spiro atoms. The van der Waals surface area contributed by atoms with E-state index >= 15 is 8.78 Å². The summed E-state index contributed by atoms with van der Waals surface area (Å²) in [6, 6.07) is 3.66. The number of aryl methyl sites for hydroxylation is 2. The second-order valence-electron chi connectivity index (χ2n) is 15.9. The zero-order chi connectivity index (χ0) is 37.6. The van der Waals surface area contributed by atoms with Crippen LogP contribution >= 0.6 is 0 Å². The number of hydrogen-bond acceptors (Lipinski definition) is 8. The van der Waals surface area contributed by atoms with Gasteiger partial charge in [-0.3, -0.25) is 10.1 Å². The number of alkyl halides is 5. The van der Waals surface area contributed by atoms with Crippen LogP contribution in [-0.4, -0.2) is 92.0 Å². The summed E-state index contributed by atoms with van der Waals surface area (Å²) in [5.74, 6) is 0.888. The Morgan fingerprint density at radius 1 is 1.07 bits per heavy atom. The highest BCUT2D eigenvalue weighted by molar-refractivity contribution is 6.16. The van der Waals surface area contributed by atoms with Crippen molar-refractivity contribution in [3.8, 4) is 29.6 Å². The van der Waals surface area contributed by atoms with Gasteiger partial charge in [-0.05, 0) is 75.7 Å². The summed E-state index contributed by atoms with van der Waals surface area (Å²) in [7, 11) is 1.73. The van der Waals surface area contributed by atoms with Crippen molar-refractivity contribution in [2.75, 3.05) is 44.2 Å². The molecule has 54 heavy (non-hydrogen) atoms. The van der Waals surface area contributed by atoms with E-state index < -0.39 is 23.1 Å². The molecule has 2 unspecified atom stereocenters. The third-order valence-electron chi connectivity index (χ3n) is 12.3. The predicted octanol–water partition coefficient (Wildman–Crippen LogP) is 6.86. The first-order valence-corrected chi connectivity index (χ1v) is 18.7. The van der Waals surface area contributed by atoms with E-state index in [9.17, 15) is 13.2 Å². The van der Waals surface area contributed by atoms with Crippen LogP contribution < -0.4 is 15.0 Å². The van der Waals surface area contributed by atoms with E-state index in [0.717, 1.165) is 51.6 Å². The number of fused-ring (bicyclic) bond motifs is 6. The van der Waals surface area contributed by atoms with Crippen LogP contribution in [0.15, 0.2) is 24.5 Å². The largest absolute Gasteiger partial charge is 0.462 e. The molecule has 4 aliphatic rings. The van der Waals surface area contributed by atoms with Crippen molar-refractivity contribution in [3.05, 3.63) is 35.7 Å². The monoisotopic (exact) mass is 747 g/mol. The molecule has 10 nitrogen and oxygen atoms in total. The fourth-order valence-corrected chi connectivity index (χ4v) is 9.39. The molecule has 0 amide bonds. The topological polar surface area (TPSA) is 100 Å². The third kappa shape index (κ3) is 5.84. The van der Waals surface area contributed by atoms with Gasteiger partial charge in [-0.2, -0.15) is 28.2 Å². The van der Waals surface area contributed by atoms with Gasteiger partial charge in [0.2, 0.25) is 0 Å². The Bertz CT molecular complexity index is 2290. The van der Waals surface area contributed by atoms with E-state index in [-0.39, 0.29) is 54.5 Å². The van der Waals surface area contributed by atoms with Crippen molar-refractivity contribution in [2.24, 2.45) is 18.4 Å². The number of rotatable bonds is 9. The Hall–Kier alpha value is -4.55. The predicted molar refractivity (Wildman–Crippen MR) is 196 cm³/mol. The summed E-state index contributed by atoms with van der Waals surface area (Å²) < 4.78 is 82.9. The Balaban J connectivity index is 1.13. The van der Waals surface area contributed by atoms with Gasteiger partial charge in [-0.15, -0.1) is 12.3 Å². The average molecular weight is 748 g/mol. The highest BCUT2D eigenvalue weighted by Gasteiger charge is 2.72. The first-order chi connectivity index (χ1) is 25.9. The summed E-state index contributed by atoms with van der Waals surface area (Å²) in [6.07, 6.45) is 8.96. The number of terminal acetylenes is 1. The molecule has 0 radical (unpaired) electrons. The number of aromatic nitrogens is 6. The molecule has 4 aromatic heterocycles. The smallest absolute Gasteiger partial charge is 0.417 e. The Labute approximate surface area is 308 Å². The summed E-state index contributed by atoms with van der Waals surface area (Å²) >= 11 is 0. The van der Waals surface area contributed by atoms with E-state index in [1.807, 2.05) is 0 Å². The van der Waals surface area contributed by atoms with Crippen LogP contribution in [0.4, 0.5) is 27.8 Å². The summed E-state index contributed by atoms with van der Waals surface area (Å²) in [4.78, 5) is 18.6. The number of benzene rings is 1. The zero-order valence-electron chi connectivity index (χ0n) is 30.2. The second kappa shape index (κ2) is 12.8. The van der Waals surface area contributed by atoms with Crippen molar-refractivity contribution in [1.29, 1.82) is 0 Å². The van der Waals surface area contributed by atoms with Gasteiger partial charge in [0, 0.05) is 74.1 Å². The number of piperidine rings is 1. The van der Waals surface area contributed by atoms with Crippen molar-refractivity contribution < 1.29 is 26.7 Å². The summed E-state index contributed by atoms with van der Waals surface area (Å²) in [6.45, 7) is 4.16. The fraction of sp³-hybridized carbons (Fsp3) is 0.538. The Morgan fingerprint density at radius 2 is 1.81 bits per heavy atom. The van der Waals surface area contributed by atoms with Gasteiger partial charge in [-0.25, -0.2) is 8.78 Å². The zero-order valence-corrected chi connectivity index (χ0v) is 30.2. The maximum atomic E-state index is 15.2. The normalized spacial score (nSPS) is 24.5. The van der Waals surface area contributed by atoms with E-state index in [2.05, 4.69) is 36.2 Å². The van der Waals surface area contributed by atoms with Gasteiger partial charge >= 0.3 is 12.2 Å². The minimum absolute atomic E-state index is 0.0392. The molecule has 1 aromatic carbocycles. The number of nitrogens with zero attached hydrogens (tertiary/aromatic N) is 7. The average Bonchev–Trinajstić information content (AvgIpc) is 3.54. The number of likely N-dealkylation sites (tertiary alicyclic amines) is 1. The van der Waals surface area contributed by atoms with Gasteiger partial charge in [0.25, 0.3) is 5.92 Å². The maximum absolute atomic E-state index is 15.2. The molecule has 4 fully saturated rings. The summed E-state index contributed by atoms with van der Waals surface area (Å²) in [5.41, 5.74) is -0.749. The Kier molecular flexibility index (Phi) is 8.31. The molecule has 3 saturated heterocycles. The van der Waals surface area contributed by atoms with Crippen molar-refractivity contribution in [1.82, 2.24) is 39.9 Å². The van der Waals surface area contributed by atoms with Crippen LogP contribution in [0.5, 0.6) is 6.01 Å². The SMILES string of the molecule is C#CCCC1CCN(C[C@@]2(COc3nc(N4CC5CCC(C4)N5)c4c5ccnc(-c6c(C(F)(F)F)c(C)cc7[nH]ncc67)c5n(C)c4n3)CC2(F)F)CC1. The molecule has 15 heteroatoms. The number of piperazine rings is 1. The highest BCUT2D eigenvalue weighted by Crippen LogP contribution is 2.61. The first kappa shape index (κ1) is 35.2. The van der Waals surface area contributed by atoms with Gasteiger partial charge in [-0.1, -0.05) is 0 Å². The van der Waals surface area contributed by atoms with Gasteiger partial charge in [0.15, 0.2) is 0 Å². The standard InChI is InChI=1S/C39H42F5N9O/c1-4-5-6-23-10-13-52(14-11-23)20-37(19-38(37,40)41)21-54-36-48-34-30(35(49-36)53-17-24-7-8-25(18-53)47-24)26-9-12-45-32(33(26)51(34)3)29-27-16-46-50-28(27)15-22(2)31(29)39(42,43)44/h1,9,12,15-16,23-25,47H,5-8,10-11,13-14,17-21H2,2-3H3,(H,46,50)/t24?,25?,37-/m1/s1. The number of aromatic amines is 1. The molecule has 2 N–H and O–H groups in total. The molecule has 7 heterocycles. The molecule has 2 bridgehead atoms. The highest BCUT2D eigenvalue weighted by atomic mass is 19.4. The van der Waals surface area contributed by atoms with Gasteiger partial charge in [0.1, 0.15) is 18.1 Å².